The molecule has 3 heteroatoms. The van der Waals surface area contributed by atoms with Gasteiger partial charge in [-0.15, -0.1) is 0 Å². The van der Waals surface area contributed by atoms with E-state index in [2.05, 4.69) is 24.3 Å². The van der Waals surface area contributed by atoms with Gasteiger partial charge < -0.3 is 4.74 Å². The maximum Gasteiger partial charge on any atom is 0.0747 e. The Morgan fingerprint density at radius 2 is 2.36 bits per heavy atom. The molecule has 1 saturated heterocycles. The molecular formula is C8H18N2O. The molecule has 1 N–H and O–H groups in total. The van der Waals surface area contributed by atoms with Crippen molar-refractivity contribution in [2.75, 3.05) is 20.2 Å². The van der Waals surface area contributed by atoms with Gasteiger partial charge in [0.2, 0.25) is 0 Å². The minimum absolute atomic E-state index is 0.387. The van der Waals surface area contributed by atoms with Crippen LogP contribution in [0.25, 0.3) is 0 Å². The summed E-state index contributed by atoms with van der Waals surface area (Å²) in [5.74, 6) is 0. The zero-order valence-electron chi connectivity index (χ0n) is 7.63. The molecular weight excluding hydrogens is 140 g/mol. The number of rotatable bonds is 2. The molecule has 11 heavy (non-hydrogen) atoms. The summed E-state index contributed by atoms with van der Waals surface area (Å²) in [4.78, 5) is 0. The second-order valence-corrected chi connectivity index (χ2v) is 3.06. The predicted molar refractivity (Wildman–Crippen MR) is 45.3 cm³/mol. The van der Waals surface area contributed by atoms with Gasteiger partial charge in [-0.3, -0.25) is 0 Å². The molecule has 0 aromatic carbocycles. The molecule has 1 fully saturated rings. The Labute approximate surface area is 68.7 Å². The van der Waals surface area contributed by atoms with Crippen molar-refractivity contribution in [1.82, 2.24) is 10.4 Å². The van der Waals surface area contributed by atoms with Crippen molar-refractivity contribution in [3.63, 3.8) is 0 Å². The highest BCUT2D eigenvalue weighted by Gasteiger charge is 2.23. The normalized spacial score (nSPS) is 34.1. The van der Waals surface area contributed by atoms with Gasteiger partial charge in [-0.2, -0.15) is 0 Å². The van der Waals surface area contributed by atoms with E-state index >= 15 is 0 Å². The van der Waals surface area contributed by atoms with Crippen LogP contribution < -0.4 is 5.43 Å². The molecule has 0 aromatic heterocycles. The molecule has 3 nitrogen and oxygen atoms in total. The van der Waals surface area contributed by atoms with E-state index in [1.165, 1.54) is 0 Å². The van der Waals surface area contributed by atoms with Crippen LogP contribution in [0.2, 0.25) is 0 Å². The summed E-state index contributed by atoms with van der Waals surface area (Å²) in [5.41, 5.74) is 3.38. The van der Waals surface area contributed by atoms with E-state index in [0.29, 0.717) is 12.1 Å². The van der Waals surface area contributed by atoms with Crippen molar-refractivity contribution < 1.29 is 4.74 Å². The number of ether oxygens (including phenoxy) is 1. The van der Waals surface area contributed by atoms with Crippen LogP contribution in [0.5, 0.6) is 0 Å². The molecule has 0 bridgehead atoms. The number of nitrogens with zero attached hydrogens (tertiary/aromatic N) is 1. The van der Waals surface area contributed by atoms with Crippen LogP contribution in [-0.2, 0) is 4.74 Å². The molecule has 0 amide bonds. The van der Waals surface area contributed by atoms with Gasteiger partial charge in [0.25, 0.3) is 0 Å². The van der Waals surface area contributed by atoms with Gasteiger partial charge in [0.1, 0.15) is 0 Å². The van der Waals surface area contributed by atoms with E-state index in [1.807, 2.05) is 0 Å². The molecule has 0 aliphatic carbocycles. The zero-order chi connectivity index (χ0) is 8.27. The fourth-order valence-electron chi connectivity index (χ4n) is 1.54. The molecule has 0 aromatic rings. The van der Waals surface area contributed by atoms with Gasteiger partial charge in [-0.25, -0.2) is 10.4 Å². The molecule has 2 atom stereocenters. The molecule has 1 rings (SSSR count). The lowest BCUT2D eigenvalue weighted by atomic mass is 10.1. The third-order valence-electron chi connectivity index (χ3n) is 2.31. The van der Waals surface area contributed by atoms with E-state index < -0.39 is 0 Å². The van der Waals surface area contributed by atoms with Gasteiger partial charge in [-0.1, -0.05) is 6.92 Å². The van der Waals surface area contributed by atoms with E-state index in [1.54, 1.807) is 7.11 Å². The third kappa shape index (κ3) is 2.15. The highest BCUT2D eigenvalue weighted by molar-refractivity contribution is 4.77. The molecule has 0 spiro atoms. The maximum absolute atomic E-state index is 5.31. The second kappa shape index (κ2) is 4.04. The summed E-state index contributed by atoms with van der Waals surface area (Å²) in [6.07, 6.45) is 1.52. The summed E-state index contributed by atoms with van der Waals surface area (Å²) in [6, 6.07) is 0.452. The van der Waals surface area contributed by atoms with Crippen LogP contribution in [0.1, 0.15) is 20.3 Å². The van der Waals surface area contributed by atoms with Crippen LogP contribution in [0.3, 0.4) is 0 Å². The number of hydrazine groups is 1. The summed E-state index contributed by atoms with van der Waals surface area (Å²) in [7, 11) is 1.78. The van der Waals surface area contributed by atoms with Crippen LogP contribution >= 0.6 is 0 Å². The first kappa shape index (κ1) is 8.97. The third-order valence-corrected chi connectivity index (χ3v) is 2.31. The Morgan fingerprint density at radius 3 is 2.82 bits per heavy atom. The van der Waals surface area contributed by atoms with E-state index in [9.17, 15) is 0 Å². The quantitative estimate of drug-likeness (QED) is 0.637. The Balaban J connectivity index is 2.34. The Bertz CT molecular complexity index is 119. The zero-order valence-corrected chi connectivity index (χ0v) is 7.63. The van der Waals surface area contributed by atoms with Gasteiger partial charge in [0.05, 0.1) is 6.10 Å². The molecule has 0 radical (unpaired) electrons. The highest BCUT2D eigenvalue weighted by atomic mass is 16.5. The van der Waals surface area contributed by atoms with Gasteiger partial charge in [0.15, 0.2) is 0 Å². The molecule has 1 aliphatic heterocycles. The topological polar surface area (TPSA) is 24.5 Å². The van der Waals surface area contributed by atoms with Crippen molar-refractivity contribution in [1.29, 1.82) is 0 Å². The lowest BCUT2D eigenvalue weighted by molar-refractivity contribution is -0.0103. The van der Waals surface area contributed by atoms with Crippen LogP contribution in [0.15, 0.2) is 0 Å². The number of nitrogens with one attached hydrogen (secondary N) is 1. The number of hydrogen-bond donors (Lipinski definition) is 1. The number of hydrogen-bond acceptors (Lipinski definition) is 3. The van der Waals surface area contributed by atoms with Crippen molar-refractivity contribution >= 4 is 0 Å². The lowest BCUT2D eigenvalue weighted by Gasteiger charge is -2.36. The van der Waals surface area contributed by atoms with Crippen molar-refractivity contribution in [2.45, 2.75) is 32.4 Å². The van der Waals surface area contributed by atoms with Crippen molar-refractivity contribution in [2.24, 2.45) is 0 Å². The minimum atomic E-state index is 0.387. The largest absolute Gasteiger partial charge is 0.380 e. The van der Waals surface area contributed by atoms with Crippen LogP contribution in [0.4, 0.5) is 0 Å². The summed E-state index contributed by atoms with van der Waals surface area (Å²) in [5, 5.41) is 2.24. The predicted octanol–water partition coefficient (Wildman–Crippen LogP) is 0.620. The second-order valence-electron chi connectivity index (χ2n) is 3.06. The standard InChI is InChI=1S/C8H18N2O/c1-4-10-6-5-8(11-3)7(2)9-10/h7-9H,4-6H2,1-3H3/t7-,8+/m0/s1. The summed E-state index contributed by atoms with van der Waals surface area (Å²) >= 11 is 0. The molecule has 0 unspecified atom stereocenters. The number of methoxy groups -OCH3 is 1. The summed E-state index contributed by atoms with van der Waals surface area (Å²) in [6.45, 7) is 6.49. The van der Waals surface area contributed by atoms with Gasteiger partial charge in [0, 0.05) is 26.2 Å². The SMILES string of the molecule is CCN1CC[C@@H](OC)[C@H](C)N1. The van der Waals surface area contributed by atoms with Crippen molar-refractivity contribution in [3.05, 3.63) is 0 Å². The molecule has 66 valence electrons. The van der Waals surface area contributed by atoms with E-state index in [4.69, 9.17) is 4.74 Å². The molecule has 1 heterocycles. The average Bonchev–Trinajstić information content (AvgIpc) is 2.04. The maximum atomic E-state index is 5.31. The highest BCUT2D eigenvalue weighted by Crippen LogP contribution is 2.10. The first-order valence-electron chi connectivity index (χ1n) is 4.31. The summed E-state index contributed by atoms with van der Waals surface area (Å²) < 4.78 is 5.31. The van der Waals surface area contributed by atoms with E-state index in [0.717, 1.165) is 19.5 Å². The van der Waals surface area contributed by atoms with Gasteiger partial charge in [-0.05, 0) is 13.3 Å². The fraction of sp³-hybridized carbons (Fsp3) is 1.00. The minimum Gasteiger partial charge on any atom is -0.380 e. The smallest absolute Gasteiger partial charge is 0.0747 e. The first-order chi connectivity index (χ1) is 5.27. The molecule has 0 saturated carbocycles. The first-order valence-corrected chi connectivity index (χ1v) is 4.31. The fourth-order valence-corrected chi connectivity index (χ4v) is 1.54. The van der Waals surface area contributed by atoms with E-state index in [-0.39, 0.29) is 0 Å². The average molecular weight is 158 g/mol. The van der Waals surface area contributed by atoms with Crippen LogP contribution in [0, 0.1) is 0 Å². The Kier molecular flexibility index (Phi) is 3.30. The monoisotopic (exact) mass is 158 g/mol. The molecule has 1 aliphatic rings. The lowest BCUT2D eigenvalue weighted by Crippen LogP contribution is -2.54. The van der Waals surface area contributed by atoms with Crippen LogP contribution in [-0.4, -0.2) is 37.4 Å². The van der Waals surface area contributed by atoms with Crippen molar-refractivity contribution in [3.8, 4) is 0 Å². The Hall–Kier alpha value is -0.120. The Morgan fingerprint density at radius 1 is 1.64 bits per heavy atom. The van der Waals surface area contributed by atoms with Gasteiger partial charge >= 0.3 is 0 Å².